The molecular weight excluding hydrogens is 261 g/mol. The van der Waals surface area contributed by atoms with Crippen molar-refractivity contribution in [3.05, 3.63) is 29.8 Å². The summed E-state index contributed by atoms with van der Waals surface area (Å²) in [6, 6.07) is 2.89. The van der Waals surface area contributed by atoms with Crippen molar-refractivity contribution in [2.24, 2.45) is 5.73 Å². The van der Waals surface area contributed by atoms with E-state index in [0.29, 0.717) is 12.1 Å². The van der Waals surface area contributed by atoms with E-state index < -0.39 is 15.1 Å². The lowest BCUT2D eigenvalue weighted by atomic mass is 10.2. The minimum Gasteiger partial charge on any atom is -0.326 e. The predicted octanol–water partition coefficient (Wildman–Crippen LogP) is 4.22. The maximum Gasteiger partial charge on any atom is 0.310 e. The Morgan fingerprint density at radius 2 is 1.60 bits per heavy atom. The number of hydrogen-bond acceptors (Lipinski definition) is 1. The molecule has 0 aliphatic heterocycles. The minimum absolute atomic E-state index is 0. The quantitative estimate of drug-likeness (QED) is 0.799. The largest absolute Gasteiger partial charge is 0.326 e. The van der Waals surface area contributed by atoms with Crippen LogP contribution in [0.1, 0.15) is 5.56 Å². The van der Waals surface area contributed by atoms with Crippen LogP contribution in [0.4, 0.5) is 19.4 Å². The second kappa shape index (κ2) is 3.23. The molecule has 0 aliphatic carbocycles. The molecule has 0 fully saturated rings. The molecule has 0 aliphatic rings. The molecule has 0 bridgehead atoms. The van der Waals surface area contributed by atoms with Gasteiger partial charge in [-0.3, -0.25) is 0 Å². The summed E-state index contributed by atoms with van der Waals surface area (Å²) >= 11 is 0. The summed E-state index contributed by atoms with van der Waals surface area (Å²) in [5.41, 5.74) is 5.07. The van der Waals surface area contributed by atoms with Gasteiger partial charge in [-0.15, -0.1) is 12.4 Å². The zero-order valence-electron chi connectivity index (χ0n) is 7.30. The average molecular weight is 270 g/mol. The van der Waals surface area contributed by atoms with E-state index in [2.05, 4.69) is 0 Å². The Bertz CT molecular complexity index is 362. The molecule has 0 unspecified atom stereocenters. The molecule has 1 aromatic rings. The highest BCUT2D eigenvalue weighted by molar-refractivity contribution is 8.45. The number of benzene rings is 1. The Morgan fingerprint density at radius 1 is 1.07 bits per heavy atom. The SMILES string of the molecule is Cl.NCc1cccc(S(F)(F)(F)(F)F)c1. The topological polar surface area (TPSA) is 26.0 Å². The summed E-state index contributed by atoms with van der Waals surface area (Å²) in [5.74, 6) is 0. The monoisotopic (exact) mass is 269 g/mol. The Balaban J connectivity index is 0.00000196. The highest BCUT2D eigenvalue weighted by Gasteiger charge is 2.65. The van der Waals surface area contributed by atoms with Gasteiger partial charge in [0.25, 0.3) is 0 Å². The maximum absolute atomic E-state index is 12.2. The van der Waals surface area contributed by atoms with Crippen LogP contribution in [0.15, 0.2) is 29.2 Å². The molecule has 0 radical (unpaired) electrons. The molecule has 0 saturated carbocycles. The molecule has 1 nitrogen and oxygen atoms in total. The van der Waals surface area contributed by atoms with Crippen LogP contribution in [0, 0.1) is 0 Å². The summed E-state index contributed by atoms with van der Waals surface area (Å²) < 4.78 is 61.1. The van der Waals surface area contributed by atoms with Gasteiger partial charge >= 0.3 is 10.2 Å². The van der Waals surface area contributed by atoms with E-state index in [9.17, 15) is 19.4 Å². The van der Waals surface area contributed by atoms with Crippen molar-refractivity contribution in [2.45, 2.75) is 11.4 Å². The van der Waals surface area contributed by atoms with Crippen LogP contribution in [0.5, 0.6) is 0 Å². The molecule has 0 saturated heterocycles. The standard InChI is InChI=1S/C7H8F5NS.ClH/c8-14(9,10,11,12)7-3-1-2-6(4-7)5-13;/h1-4H,5,13H2;1H. The van der Waals surface area contributed by atoms with Crippen molar-refractivity contribution in [3.63, 3.8) is 0 Å². The Morgan fingerprint density at radius 3 is 2.00 bits per heavy atom. The lowest BCUT2D eigenvalue weighted by molar-refractivity contribution is 0.364. The van der Waals surface area contributed by atoms with Gasteiger partial charge in [-0.2, -0.15) is 0 Å². The van der Waals surface area contributed by atoms with E-state index in [4.69, 9.17) is 5.73 Å². The van der Waals surface area contributed by atoms with Gasteiger partial charge in [-0.05, 0) is 17.7 Å². The third-order valence-corrected chi connectivity index (χ3v) is 2.72. The summed E-state index contributed by atoms with van der Waals surface area (Å²) in [6.07, 6.45) is 0. The Labute approximate surface area is 89.6 Å². The third-order valence-electron chi connectivity index (χ3n) is 1.58. The van der Waals surface area contributed by atoms with E-state index >= 15 is 0 Å². The van der Waals surface area contributed by atoms with Crippen LogP contribution in [0.2, 0.25) is 0 Å². The number of hydrogen-bond donors (Lipinski definition) is 1. The van der Waals surface area contributed by atoms with Crippen LogP contribution in [-0.2, 0) is 6.54 Å². The van der Waals surface area contributed by atoms with Crippen LogP contribution < -0.4 is 5.73 Å². The van der Waals surface area contributed by atoms with E-state index in [1.54, 1.807) is 0 Å². The fourth-order valence-corrected chi connectivity index (χ4v) is 1.62. The highest BCUT2D eigenvalue weighted by Crippen LogP contribution is 3.02. The molecule has 0 amide bonds. The zero-order valence-corrected chi connectivity index (χ0v) is 8.93. The maximum atomic E-state index is 12.2. The molecule has 1 aromatic carbocycles. The fraction of sp³-hybridized carbons (Fsp3) is 0.143. The molecule has 90 valence electrons. The van der Waals surface area contributed by atoms with E-state index in [0.717, 1.165) is 6.07 Å². The lowest BCUT2D eigenvalue weighted by Gasteiger charge is -2.40. The van der Waals surface area contributed by atoms with Gasteiger partial charge in [0.1, 0.15) is 4.90 Å². The van der Waals surface area contributed by atoms with E-state index in [1.165, 1.54) is 6.07 Å². The van der Waals surface area contributed by atoms with Crippen molar-refractivity contribution in [2.75, 3.05) is 0 Å². The summed E-state index contributed by atoms with van der Waals surface area (Å²) in [5, 5.41) is 0. The zero-order chi connectivity index (χ0) is 11.1. The van der Waals surface area contributed by atoms with Crippen molar-refractivity contribution in [1.82, 2.24) is 0 Å². The molecule has 8 heteroatoms. The van der Waals surface area contributed by atoms with Gasteiger partial charge in [0.15, 0.2) is 0 Å². The smallest absolute Gasteiger partial charge is 0.310 e. The first-order valence-electron chi connectivity index (χ1n) is 3.56. The van der Waals surface area contributed by atoms with Gasteiger partial charge < -0.3 is 5.73 Å². The molecule has 15 heavy (non-hydrogen) atoms. The summed E-state index contributed by atoms with van der Waals surface area (Å²) in [7, 11) is -9.54. The van der Waals surface area contributed by atoms with Crippen LogP contribution >= 0.6 is 22.6 Å². The van der Waals surface area contributed by atoms with E-state index in [1.807, 2.05) is 0 Å². The molecule has 2 N–H and O–H groups in total. The van der Waals surface area contributed by atoms with E-state index in [-0.39, 0.29) is 24.5 Å². The molecule has 0 aromatic heterocycles. The predicted molar refractivity (Wildman–Crippen MR) is 53.0 cm³/mol. The highest BCUT2D eigenvalue weighted by atomic mass is 35.5. The number of nitrogens with two attached hydrogens (primary N) is 1. The van der Waals surface area contributed by atoms with Crippen molar-refractivity contribution in [1.29, 1.82) is 0 Å². The van der Waals surface area contributed by atoms with Gasteiger partial charge in [0, 0.05) is 6.54 Å². The second-order valence-electron chi connectivity index (χ2n) is 2.82. The van der Waals surface area contributed by atoms with Gasteiger partial charge in [0.2, 0.25) is 0 Å². The fourth-order valence-electron chi connectivity index (χ4n) is 0.912. The van der Waals surface area contributed by atoms with Gasteiger partial charge in [0.05, 0.1) is 0 Å². The van der Waals surface area contributed by atoms with Crippen LogP contribution in [-0.4, -0.2) is 0 Å². The van der Waals surface area contributed by atoms with Gasteiger partial charge in [-0.25, -0.2) is 0 Å². The number of rotatable bonds is 2. The Kier molecular flexibility index (Phi) is 3.11. The lowest BCUT2D eigenvalue weighted by Crippen LogP contribution is -2.07. The van der Waals surface area contributed by atoms with Gasteiger partial charge in [-0.1, -0.05) is 31.6 Å². The normalized spacial score (nSPS) is 16.1. The molecule has 0 heterocycles. The molecular formula is C7H9ClF5NS. The second-order valence-corrected chi connectivity index (χ2v) is 5.23. The Hall–Kier alpha value is -0.530. The first-order valence-corrected chi connectivity index (χ1v) is 5.51. The minimum atomic E-state index is -9.54. The molecule has 0 atom stereocenters. The molecule has 1 rings (SSSR count). The first-order chi connectivity index (χ1) is 6.03. The van der Waals surface area contributed by atoms with Crippen LogP contribution in [0.3, 0.4) is 0 Å². The van der Waals surface area contributed by atoms with Crippen LogP contribution in [0.25, 0.3) is 0 Å². The summed E-state index contributed by atoms with van der Waals surface area (Å²) in [6.45, 7) is -0.207. The van der Waals surface area contributed by atoms with Crippen molar-refractivity contribution in [3.8, 4) is 0 Å². The average Bonchev–Trinajstić information content (AvgIpc) is 2.01. The van der Waals surface area contributed by atoms with Crippen molar-refractivity contribution < 1.29 is 19.4 Å². The van der Waals surface area contributed by atoms with Crippen molar-refractivity contribution >= 4 is 22.6 Å². The summed E-state index contributed by atoms with van der Waals surface area (Å²) in [4.78, 5) is -1.90. The first kappa shape index (κ1) is 14.5. The third kappa shape index (κ3) is 3.84. The number of halogens is 6. The molecule has 0 spiro atoms.